The first kappa shape index (κ1) is 11.1. The smallest absolute Gasteiger partial charge is 0.145 e. The second kappa shape index (κ2) is 4.63. The van der Waals surface area contributed by atoms with E-state index in [0.29, 0.717) is 28.7 Å². The van der Waals surface area contributed by atoms with Crippen LogP contribution in [-0.4, -0.2) is 28.8 Å². The van der Waals surface area contributed by atoms with Gasteiger partial charge >= 0.3 is 0 Å². The number of aliphatic hydroxyl groups excluding tert-OH is 1. The molecule has 1 aromatic heterocycles. The molecule has 5 heteroatoms. The predicted octanol–water partition coefficient (Wildman–Crippen LogP) is 1.83. The molecule has 2 aromatic rings. The van der Waals surface area contributed by atoms with Crippen molar-refractivity contribution in [2.24, 2.45) is 0 Å². The lowest BCUT2D eigenvalue weighted by atomic mass is 10.2. The van der Waals surface area contributed by atoms with Crippen molar-refractivity contribution in [3.8, 4) is 5.75 Å². The molecule has 0 aliphatic carbocycles. The Labute approximate surface area is 97.9 Å². The van der Waals surface area contributed by atoms with Crippen LogP contribution in [0.2, 0.25) is 5.15 Å². The van der Waals surface area contributed by atoms with Crippen LogP contribution in [0.4, 0.5) is 0 Å². The molecule has 2 rings (SSSR count). The van der Waals surface area contributed by atoms with Crippen LogP contribution < -0.4 is 4.74 Å². The Balaban J connectivity index is 2.67. The van der Waals surface area contributed by atoms with Crippen LogP contribution in [0.3, 0.4) is 0 Å². The lowest BCUT2D eigenvalue weighted by Gasteiger charge is -2.07. The van der Waals surface area contributed by atoms with Gasteiger partial charge in [-0.1, -0.05) is 17.7 Å². The molecule has 0 unspecified atom stereocenters. The number of methoxy groups -OCH3 is 1. The lowest BCUT2D eigenvalue weighted by molar-refractivity contribution is 0.296. The van der Waals surface area contributed by atoms with Gasteiger partial charge in [-0.15, -0.1) is 0 Å². The number of rotatable bonds is 3. The van der Waals surface area contributed by atoms with E-state index in [0.717, 1.165) is 5.39 Å². The third kappa shape index (κ3) is 1.94. The molecule has 4 nitrogen and oxygen atoms in total. The zero-order valence-electron chi connectivity index (χ0n) is 8.77. The number of hydrogen-bond acceptors (Lipinski definition) is 4. The summed E-state index contributed by atoms with van der Waals surface area (Å²) in [4.78, 5) is 8.42. The van der Waals surface area contributed by atoms with Crippen LogP contribution in [0.1, 0.15) is 5.82 Å². The number of hydrogen-bond donors (Lipinski definition) is 1. The maximum atomic E-state index is 8.85. The Morgan fingerprint density at radius 2 is 2.19 bits per heavy atom. The average Bonchev–Trinajstić information content (AvgIpc) is 2.29. The summed E-state index contributed by atoms with van der Waals surface area (Å²) in [5.74, 6) is 1.17. The Hall–Kier alpha value is -1.39. The van der Waals surface area contributed by atoms with Crippen LogP contribution in [0, 0.1) is 0 Å². The summed E-state index contributed by atoms with van der Waals surface area (Å²) in [6.45, 7) is -0.00299. The molecule has 0 saturated heterocycles. The van der Waals surface area contributed by atoms with Gasteiger partial charge in [-0.05, 0) is 12.1 Å². The predicted molar refractivity (Wildman–Crippen MR) is 61.9 cm³/mol. The number of nitrogens with zero attached hydrogens (tertiary/aromatic N) is 2. The molecule has 1 aromatic carbocycles. The van der Waals surface area contributed by atoms with Crippen molar-refractivity contribution < 1.29 is 9.84 Å². The van der Waals surface area contributed by atoms with Crippen molar-refractivity contribution in [3.05, 3.63) is 29.2 Å². The Kier molecular flexibility index (Phi) is 3.22. The minimum Gasteiger partial charge on any atom is -0.494 e. The van der Waals surface area contributed by atoms with E-state index < -0.39 is 0 Å². The number of halogens is 1. The minimum absolute atomic E-state index is 0.00299. The molecule has 1 N–H and O–H groups in total. The normalized spacial score (nSPS) is 10.7. The van der Waals surface area contributed by atoms with Crippen molar-refractivity contribution in [1.29, 1.82) is 0 Å². The molecule has 0 atom stereocenters. The molecular weight excluding hydrogens is 228 g/mol. The van der Waals surface area contributed by atoms with E-state index in [-0.39, 0.29) is 6.61 Å². The van der Waals surface area contributed by atoms with E-state index in [4.69, 9.17) is 21.4 Å². The van der Waals surface area contributed by atoms with Crippen molar-refractivity contribution in [1.82, 2.24) is 9.97 Å². The fourth-order valence-corrected chi connectivity index (χ4v) is 1.76. The van der Waals surface area contributed by atoms with Gasteiger partial charge in [-0.2, -0.15) is 0 Å². The van der Waals surface area contributed by atoms with Gasteiger partial charge in [0.05, 0.1) is 13.7 Å². The Morgan fingerprint density at radius 1 is 1.38 bits per heavy atom. The highest BCUT2D eigenvalue weighted by Gasteiger charge is 2.09. The van der Waals surface area contributed by atoms with E-state index in [2.05, 4.69) is 9.97 Å². The summed E-state index contributed by atoms with van der Waals surface area (Å²) in [6.07, 6.45) is 0.383. The maximum Gasteiger partial charge on any atom is 0.145 e. The van der Waals surface area contributed by atoms with Crippen LogP contribution in [-0.2, 0) is 6.42 Å². The Morgan fingerprint density at radius 3 is 2.88 bits per heavy atom. The third-order valence-corrected chi connectivity index (χ3v) is 2.53. The molecule has 0 amide bonds. The van der Waals surface area contributed by atoms with Gasteiger partial charge in [-0.25, -0.2) is 9.97 Å². The summed E-state index contributed by atoms with van der Waals surface area (Å²) in [6, 6.07) is 5.49. The standard InChI is InChI=1S/C11H11ClN2O2/c1-16-8-4-2-3-7-10(8)13-9(5-6-15)14-11(7)12/h2-4,15H,5-6H2,1H3. The van der Waals surface area contributed by atoms with E-state index in [1.54, 1.807) is 7.11 Å². The molecular formula is C11H11ClN2O2. The summed E-state index contributed by atoms with van der Waals surface area (Å²) in [5, 5.41) is 9.99. The van der Waals surface area contributed by atoms with Gasteiger partial charge in [0.2, 0.25) is 0 Å². The minimum atomic E-state index is -0.00299. The lowest BCUT2D eigenvalue weighted by Crippen LogP contribution is -2.00. The molecule has 0 aliphatic heterocycles. The van der Waals surface area contributed by atoms with E-state index in [9.17, 15) is 0 Å². The molecule has 0 bridgehead atoms. The molecule has 0 spiro atoms. The zero-order valence-corrected chi connectivity index (χ0v) is 9.53. The number of ether oxygens (including phenoxy) is 1. The average molecular weight is 239 g/mol. The Bertz CT molecular complexity index is 517. The summed E-state index contributed by atoms with van der Waals surface area (Å²) in [7, 11) is 1.58. The molecule has 0 saturated carbocycles. The maximum absolute atomic E-state index is 8.85. The highest BCUT2D eigenvalue weighted by atomic mass is 35.5. The van der Waals surface area contributed by atoms with Gasteiger partial charge in [0.1, 0.15) is 22.2 Å². The summed E-state index contributed by atoms with van der Waals surface area (Å²) >= 11 is 6.04. The SMILES string of the molecule is COc1cccc2c(Cl)nc(CCO)nc12. The second-order valence-electron chi connectivity index (χ2n) is 3.26. The van der Waals surface area contributed by atoms with Crippen LogP contribution >= 0.6 is 11.6 Å². The van der Waals surface area contributed by atoms with Crippen LogP contribution in [0.15, 0.2) is 18.2 Å². The number of fused-ring (bicyclic) bond motifs is 1. The van der Waals surface area contributed by atoms with E-state index in [1.807, 2.05) is 18.2 Å². The summed E-state index contributed by atoms with van der Waals surface area (Å²) < 4.78 is 5.20. The largest absolute Gasteiger partial charge is 0.494 e. The second-order valence-corrected chi connectivity index (χ2v) is 3.62. The van der Waals surface area contributed by atoms with E-state index >= 15 is 0 Å². The first-order chi connectivity index (χ1) is 7.76. The zero-order chi connectivity index (χ0) is 11.5. The topological polar surface area (TPSA) is 55.2 Å². The van der Waals surface area contributed by atoms with Crippen molar-refractivity contribution >= 4 is 22.5 Å². The molecule has 0 fully saturated rings. The van der Waals surface area contributed by atoms with Gasteiger partial charge in [-0.3, -0.25) is 0 Å². The fraction of sp³-hybridized carbons (Fsp3) is 0.273. The fourth-order valence-electron chi connectivity index (χ4n) is 1.51. The number of para-hydroxylation sites is 1. The summed E-state index contributed by atoms with van der Waals surface area (Å²) in [5.41, 5.74) is 0.674. The first-order valence-electron chi connectivity index (χ1n) is 4.86. The quantitative estimate of drug-likeness (QED) is 0.829. The molecule has 0 radical (unpaired) electrons. The van der Waals surface area contributed by atoms with Gasteiger partial charge < -0.3 is 9.84 Å². The number of benzene rings is 1. The van der Waals surface area contributed by atoms with Crippen LogP contribution in [0.25, 0.3) is 10.9 Å². The highest BCUT2D eigenvalue weighted by molar-refractivity contribution is 6.34. The molecule has 0 aliphatic rings. The van der Waals surface area contributed by atoms with Gasteiger partial charge in [0.15, 0.2) is 0 Å². The van der Waals surface area contributed by atoms with Crippen molar-refractivity contribution in [2.75, 3.05) is 13.7 Å². The number of aliphatic hydroxyl groups is 1. The van der Waals surface area contributed by atoms with E-state index in [1.165, 1.54) is 0 Å². The van der Waals surface area contributed by atoms with Crippen molar-refractivity contribution in [2.45, 2.75) is 6.42 Å². The van der Waals surface area contributed by atoms with Crippen molar-refractivity contribution in [3.63, 3.8) is 0 Å². The van der Waals surface area contributed by atoms with Gasteiger partial charge in [0, 0.05) is 11.8 Å². The highest BCUT2D eigenvalue weighted by Crippen LogP contribution is 2.27. The monoisotopic (exact) mass is 238 g/mol. The first-order valence-corrected chi connectivity index (χ1v) is 5.24. The third-order valence-electron chi connectivity index (χ3n) is 2.24. The molecule has 84 valence electrons. The number of aromatic nitrogens is 2. The molecule has 16 heavy (non-hydrogen) atoms. The van der Waals surface area contributed by atoms with Gasteiger partial charge in [0.25, 0.3) is 0 Å². The van der Waals surface area contributed by atoms with Crippen LogP contribution in [0.5, 0.6) is 5.75 Å². The molecule has 1 heterocycles.